The Bertz CT molecular complexity index is 662. The van der Waals surface area contributed by atoms with Crippen molar-refractivity contribution in [2.45, 2.75) is 6.54 Å². The van der Waals surface area contributed by atoms with Crippen LogP contribution in [0.3, 0.4) is 0 Å². The highest BCUT2D eigenvalue weighted by atomic mass is 35.5. The highest BCUT2D eigenvalue weighted by Crippen LogP contribution is 2.21. The molecule has 2 aromatic carbocycles. The van der Waals surface area contributed by atoms with Crippen LogP contribution >= 0.6 is 23.8 Å². The van der Waals surface area contributed by atoms with Crippen LogP contribution in [-0.4, -0.2) is 4.99 Å². The van der Waals surface area contributed by atoms with E-state index < -0.39 is 11.6 Å². The zero-order valence-corrected chi connectivity index (χ0v) is 11.9. The van der Waals surface area contributed by atoms with Crippen LogP contribution in [0, 0.1) is 11.6 Å². The van der Waals surface area contributed by atoms with Gasteiger partial charge in [0.2, 0.25) is 0 Å². The monoisotopic (exact) mass is 312 g/mol. The molecule has 20 heavy (non-hydrogen) atoms. The van der Waals surface area contributed by atoms with Crippen LogP contribution in [0.2, 0.25) is 5.02 Å². The molecule has 0 aliphatic heterocycles. The van der Waals surface area contributed by atoms with Crippen LogP contribution in [-0.2, 0) is 6.54 Å². The Labute approximate surface area is 125 Å². The van der Waals surface area contributed by atoms with Crippen molar-refractivity contribution in [1.82, 2.24) is 0 Å². The molecule has 3 N–H and O–H groups in total. The number of benzene rings is 2. The first-order valence-electron chi connectivity index (χ1n) is 5.75. The van der Waals surface area contributed by atoms with E-state index in [2.05, 4.69) is 5.32 Å². The van der Waals surface area contributed by atoms with Crippen molar-refractivity contribution in [1.29, 1.82) is 0 Å². The maximum Gasteiger partial charge on any atom is 0.141 e. The van der Waals surface area contributed by atoms with Crippen LogP contribution in [0.4, 0.5) is 14.5 Å². The summed E-state index contributed by atoms with van der Waals surface area (Å²) in [7, 11) is 0. The van der Waals surface area contributed by atoms with Crippen LogP contribution in [0.15, 0.2) is 36.4 Å². The van der Waals surface area contributed by atoms with E-state index in [-0.39, 0.29) is 15.6 Å². The highest BCUT2D eigenvalue weighted by Gasteiger charge is 2.11. The topological polar surface area (TPSA) is 38.0 Å². The Morgan fingerprint density at radius 1 is 1.20 bits per heavy atom. The lowest BCUT2D eigenvalue weighted by Gasteiger charge is -2.12. The third-order valence-electron chi connectivity index (χ3n) is 2.73. The molecule has 0 aliphatic rings. The maximum absolute atomic E-state index is 13.7. The van der Waals surface area contributed by atoms with Gasteiger partial charge in [0.1, 0.15) is 16.6 Å². The molecule has 0 aliphatic carbocycles. The molecule has 0 atom stereocenters. The van der Waals surface area contributed by atoms with E-state index >= 15 is 0 Å². The summed E-state index contributed by atoms with van der Waals surface area (Å²) in [5.74, 6) is -0.968. The Balaban J connectivity index is 2.21. The van der Waals surface area contributed by atoms with Crippen molar-refractivity contribution in [2.24, 2.45) is 5.73 Å². The van der Waals surface area contributed by atoms with Gasteiger partial charge < -0.3 is 11.1 Å². The third-order valence-corrected chi connectivity index (χ3v) is 3.22. The lowest BCUT2D eigenvalue weighted by molar-refractivity contribution is 0.626. The minimum Gasteiger partial charge on any atom is -0.389 e. The molecule has 0 spiro atoms. The maximum atomic E-state index is 13.7. The number of thiocarbonyl (C=S) groups is 1. The molecule has 2 aromatic rings. The van der Waals surface area contributed by atoms with E-state index in [1.807, 2.05) is 0 Å². The Hall–Kier alpha value is -1.72. The molecule has 0 unspecified atom stereocenters. The van der Waals surface area contributed by atoms with Gasteiger partial charge in [0.15, 0.2) is 0 Å². The van der Waals surface area contributed by atoms with E-state index in [0.717, 1.165) is 5.56 Å². The van der Waals surface area contributed by atoms with Crippen molar-refractivity contribution in [3.05, 3.63) is 64.2 Å². The number of anilines is 1. The van der Waals surface area contributed by atoms with Gasteiger partial charge in [0.25, 0.3) is 0 Å². The normalized spacial score (nSPS) is 10.3. The molecule has 6 heteroatoms. The quantitative estimate of drug-likeness (QED) is 0.842. The summed E-state index contributed by atoms with van der Waals surface area (Å²) >= 11 is 10.5. The van der Waals surface area contributed by atoms with Gasteiger partial charge in [0.05, 0.1) is 10.6 Å². The molecule has 0 saturated carbocycles. The van der Waals surface area contributed by atoms with Crippen molar-refractivity contribution >= 4 is 34.5 Å². The molecule has 0 aromatic heterocycles. The molecule has 104 valence electrons. The number of nitrogens with two attached hydrogens (primary N) is 1. The minimum absolute atomic E-state index is 0.0252. The summed E-state index contributed by atoms with van der Waals surface area (Å²) in [5.41, 5.74) is 6.91. The Kier molecular flexibility index (Phi) is 4.52. The standard InChI is InChI=1S/C14H11ClF2N2S/c15-9-6-8(4-5-10(9)16)7-19-12-3-1-2-11(17)13(12)14(18)20/h1-6,19H,7H2,(H2,18,20). The van der Waals surface area contributed by atoms with Crippen LogP contribution in [0.25, 0.3) is 0 Å². The van der Waals surface area contributed by atoms with Gasteiger partial charge >= 0.3 is 0 Å². The molecule has 2 rings (SSSR count). The Morgan fingerprint density at radius 2 is 1.95 bits per heavy atom. The third kappa shape index (κ3) is 3.23. The largest absolute Gasteiger partial charge is 0.389 e. The summed E-state index contributed by atoms with van der Waals surface area (Å²) in [6.07, 6.45) is 0. The number of hydrogen-bond donors (Lipinski definition) is 2. The van der Waals surface area contributed by atoms with Crippen molar-refractivity contribution < 1.29 is 8.78 Å². The van der Waals surface area contributed by atoms with Crippen LogP contribution < -0.4 is 11.1 Å². The first-order valence-corrected chi connectivity index (χ1v) is 6.54. The van der Waals surface area contributed by atoms with E-state index in [0.29, 0.717) is 12.2 Å². The second kappa shape index (κ2) is 6.15. The van der Waals surface area contributed by atoms with Crippen molar-refractivity contribution in [3.63, 3.8) is 0 Å². The number of nitrogens with one attached hydrogen (secondary N) is 1. The lowest BCUT2D eigenvalue weighted by Crippen LogP contribution is -2.15. The predicted molar refractivity (Wildman–Crippen MR) is 81.0 cm³/mol. The first kappa shape index (κ1) is 14.7. The fourth-order valence-corrected chi connectivity index (χ4v) is 2.18. The van der Waals surface area contributed by atoms with Crippen molar-refractivity contribution in [3.8, 4) is 0 Å². The van der Waals surface area contributed by atoms with Gasteiger partial charge in [-0.15, -0.1) is 0 Å². The molecule has 0 heterocycles. The number of rotatable bonds is 4. The highest BCUT2D eigenvalue weighted by molar-refractivity contribution is 7.80. The van der Waals surface area contributed by atoms with E-state index in [4.69, 9.17) is 29.6 Å². The van der Waals surface area contributed by atoms with Gasteiger partial charge in [-0.3, -0.25) is 0 Å². The smallest absolute Gasteiger partial charge is 0.141 e. The number of hydrogen-bond acceptors (Lipinski definition) is 2. The van der Waals surface area contributed by atoms with Gasteiger partial charge in [-0.2, -0.15) is 0 Å². The van der Waals surface area contributed by atoms with Crippen LogP contribution in [0.5, 0.6) is 0 Å². The van der Waals surface area contributed by atoms with Gasteiger partial charge in [-0.25, -0.2) is 8.78 Å². The van der Waals surface area contributed by atoms with E-state index in [1.54, 1.807) is 18.2 Å². The summed E-state index contributed by atoms with van der Waals surface area (Å²) < 4.78 is 26.7. The Morgan fingerprint density at radius 3 is 2.60 bits per heavy atom. The molecule has 0 amide bonds. The van der Waals surface area contributed by atoms with Crippen LogP contribution in [0.1, 0.15) is 11.1 Å². The van der Waals surface area contributed by atoms with E-state index in [9.17, 15) is 8.78 Å². The summed E-state index contributed by atoms with van der Waals surface area (Å²) in [5, 5.41) is 3.05. The van der Waals surface area contributed by atoms with Gasteiger partial charge in [-0.05, 0) is 29.8 Å². The molecular weight excluding hydrogens is 302 g/mol. The van der Waals surface area contributed by atoms with Crippen molar-refractivity contribution in [2.75, 3.05) is 5.32 Å². The van der Waals surface area contributed by atoms with Gasteiger partial charge in [-0.1, -0.05) is 36.0 Å². The average Bonchev–Trinajstić information content (AvgIpc) is 2.39. The van der Waals surface area contributed by atoms with Gasteiger partial charge in [0, 0.05) is 12.2 Å². The SMILES string of the molecule is NC(=S)c1c(F)cccc1NCc1ccc(F)c(Cl)c1. The molecule has 0 radical (unpaired) electrons. The van der Waals surface area contributed by atoms with E-state index in [1.165, 1.54) is 18.2 Å². The molecular formula is C14H11ClF2N2S. The molecule has 0 bridgehead atoms. The zero-order chi connectivity index (χ0) is 14.7. The summed E-state index contributed by atoms with van der Waals surface area (Å²) in [6.45, 7) is 0.346. The molecule has 0 saturated heterocycles. The fourth-order valence-electron chi connectivity index (χ4n) is 1.77. The lowest BCUT2D eigenvalue weighted by atomic mass is 10.1. The first-order chi connectivity index (χ1) is 9.49. The second-order valence-electron chi connectivity index (χ2n) is 4.13. The summed E-state index contributed by atoms with van der Waals surface area (Å²) in [6, 6.07) is 8.88. The second-order valence-corrected chi connectivity index (χ2v) is 4.98. The fraction of sp³-hybridized carbons (Fsp3) is 0.0714. The summed E-state index contributed by atoms with van der Waals surface area (Å²) in [4.78, 5) is -0.0252. The number of halogens is 3. The molecule has 0 fully saturated rings. The minimum atomic E-state index is -0.486. The zero-order valence-electron chi connectivity index (χ0n) is 10.3. The predicted octanol–water partition coefficient (Wildman–Crippen LogP) is 3.86. The average molecular weight is 313 g/mol. The molecule has 2 nitrogen and oxygen atoms in total.